The molecule has 0 amide bonds. The fraction of sp³-hybridized carbons (Fsp3) is 0.333. The number of hydrogen-bond acceptors (Lipinski definition) is 4. The van der Waals surface area contributed by atoms with Crippen molar-refractivity contribution in [3.63, 3.8) is 0 Å². The monoisotopic (exact) mass is 307 g/mol. The molecular weight excluding hydrogens is 290 g/mol. The van der Waals surface area contributed by atoms with E-state index in [1.807, 2.05) is 31.2 Å². The van der Waals surface area contributed by atoms with Crippen LogP contribution in [0.2, 0.25) is 5.02 Å². The number of anilines is 1. The van der Waals surface area contributed by atoms with Crippen molar-refractivity contribution < 1.29 is 9.53 Å². The van der Waals surface area contributed by atoms with Gasteiger partial charge >= 0.3 is 5.97 Å². The molecule has 21 heavy (non-hydrogen) atoms. The maximum atomic E-state index is 11.8. The lowest BCUT2D eigenvalue weighted by Crippen LogP contribution is -2.08. The van der Waals surface area contributed by atoms with E-state index < -0.39 is 0 Å². The van der Waals surface area contributed by atoms with Crippen LogP contribution < -0.4 is 5.73 Å². The van der Waals surface area contributed by atoms with E-state index in [1.54, 1.807) is 11.7 Å². The summed E-state index contributed by atoms with van der Waals surface area (Å²) >= 11 is 6.10. The van der Waals surface area contributed by atoms with Crippen LogP contribution in [0.25, 0.3) is 0 Å². The van der Waals surface area contributed by atoms with Crippen molar-refractivity contribution in [3.05, 3.63) is 46.2 Å². The molecule has 6 heteroatoms. The maximum Gasteiger partial charge on any atom is 0.306 e. The van der Waals surface area contributed by atoms with Gasteiger partial charge in [0.05, 0.1) is 16.4 Å². The van der Waals surface area contributed by atoms with Crippen molar-refractivity contribution in [2.45, 2.75) is 26.4 Å². The number of nitrogens with two attached hydrogens (primary N) is 1. The van der Waals surface area contributed by atoms with Crippen molar-refractivity contribution in [3.8, 4) is 0 Å². The van der Waals surface area contributed by atoms with Gasteiger partial charge in [0, 0.05) is 19.2 Å². The average Bonchev–Trinajstić information content (AvgIpc) is 2.69. The van der Waals surface area contributed by atoms with Crippen LogP contribution in [-0.2, 0) is 29.6 Å². The number of halogens is 1. The molecule has 112 valence electrons. The number of hydrogen-bond donors (Lipinski definition) is 1. The molecule has 2 aromatic rings. The molecule has 0 aliphatic carbocycles. The highest BCUT2D eigenvalue weighted by Gasteiger charge is 2.13. The van der Waals surface area contributed by atoms with Crippen molar-refractivity contribution in [1.29, 1.82) is 0 Å². The number of aromatic nitrogens is 2. The number of rotatable bonds is 5. The van der Waals surface area contributed by atoms with Gasteiger partial charge in [0.25, 0.3) is 0 Å². The molecule has 0 bridgehead atoms. The average molecular weight is 308 g/mol. The lowest BCUT2D eigenvalue weighted by atomic mass is 10.1. The Morgan fingerprint density at radius 2 is 2.05 bits per heavy atom. The Balaban J connectivity index is 1.83. The maximum absolute atomic E-state index is 11.8. The first-order valence-corrected chi connectivity index (χ1v) is 7.03. The number of nitrogen functional groups attached to an aromatic ring is 1. The standard InChI is InChI=1S/C15H18ClN3O2/c1-10-15(16)13(19(2)18-10)9-21-14(20)8-5-11-3-6-12(17)7-4-11/h3-4,6-7H,5,8-9,17H2,1-2H3. The lowest BCUT2D eigenvalue weighted by molar-refractivity contribution is -0.145. The molecule has 0 aliphatic heterocycles. The van der Waals surface area contributed by atoms with Gasteiger partial charge in [-0.25, -0.2) is 0 Å². The molecule has 1 aromatic heterocycles. The predicted octanol–water partition coefficient (Wildman–Crippen LogP) is 2.64. The highest BCUT2D eigenvalue weighted by Crippen LogP contribution is 2.20. The van der Waals surface area contributed by atoms with Gasteiger partial charge in [-0.1, -0.05) is 23.7 Å². The van der Waals surface area contributed by atoms with Crippen LogP contribution >= 0.6 is 11.6 Å². The molecule has 5 nitrogen and oxygen atoms in total. The second-order valence-electron chi connectivity index (χ2n) is 4.87. The van der Waals surface area contributed by atoms with Crippen LogP contribution in [0.4, 0.5) is 5.69 Å². The van der Waals surface area contributed by atoms with Crippen molar-refractivity contribution in [2.75, 3.05) is 5.73 Å². The topological polar surface area (TPSA) is 70.1 Å². The fourth-order valence-corrected chi connectivity index (χ4v) is 2.20. The quantitative estimate of drug-likeness (QED) is 0.681. The zero-order valence-corrected chi connectivity index (χ0v) is 12.9. The number of aryl methyl sites for hydroxylation is 3. The van der Waals surface area contributed by atoms with E-state index in [4.69, 9.17) is 22.1 Å². The molecule has 0 radical (unpaired) electrons. The van der Waals surface area contributed by atoms with Gasteiger partial charge in [0.1, 0.15) is 6.61 Å². The Morgan fingerprint density at radius 1 is 1.38 bits per heavy atom. The summed E-state index contributed by atoms with van der Waals surface area (Å²) in [6.07, 6.45) is 0.940. The molecule has 1 heterocycles. The number of ether oxygens (including phenoxy) is 1. The lowest BCUT2D eigenvalue weighted by Gasteiger charge is -2.06. The second-order valence-corrected chi connectivity index (χ2v) is 5.25. The van der Waals surface area contributed by atoms with Crippen molar-refractivity contribution in [1.82, 2.24) is 9.78 Å². The van der Waals surface area contributed by atoms with Crippen LogP contribution in [0.5, 0.6) is 0 Å². The van der Waals surface area contributed by atoms with Gasteiger partial charge in [-0.05, 0) is 31.0 Å². The van der Waals surface area contributed by atoms with E-state index in [2.05, 4.69) is 5.10 Å². The van der Waals surface area contributed by atoms with Gasteiger partial charge in [-0.3, -0.25) is 9.48 Å². The van der Waals surface area contributed by atoms with Gasteiger partial charge in [0.2, 0.25) is 0 Å². The highest BCUT2D eigenvalue weighted by molar-refractivity contribution is 6.31. The van der Waals surface area contributed by atoms with E-state index in [0.29, 0.717) is 29.2 Å². The van der Waals surface area contributed by atoms with Gasteiger partial charge in [-0.2, -0.15) is 5.10 Å². The van der Waals surface area contributed by atoms with Crippen LogP contribution in [0.1, 0.15) is 23.4 Å². The van der Waals surface area contributed by atoms with Gasteiger partial charge in [0.15, 0.2) is 0 Å². The minimum Gasteiger partial charge on any atom is -0.459 e. The molecule has 0 saturated heterocycles. The van der Waals surface area contributed by atoms with Crippen LogP contribution in [0, 0.1) is 6.92 Å². The van der Waals surface area contributed by atoms with Gasteiger partial charge in [-0.15, -0.1) is 0 Å². The Kier molecular flexibility index (Phi) is 4.85. The summed E-state index contributed by atoms with van der Waals surface area (Å²) in [5.41, 5.74) is 8.81. The normalized spacial score (nSPS) is 10.6. The summed E-state index contributed by atoms with van der Waals surface area (Å²) in [7, 11) is 1.77. The Bertz CT molecular complexity index is 635. The molecular formula is C15H18ClN3O2. The second kappa shape index (κ2) is 6.63. The van der Waals surface area contributed by atoms with E-state index >= 15 is 0 Å². The molecule has 0 aliphatic rings. The number of carbonyl (C=O) groups is 1. The molecule has 0 unspecified atom stereocenters. The molecule has 2 rings (SSSR count). The first-order chi connectivity index (χ1) is 9.97. The summed E-state index contributed by atoms with van der Waals surface area (Å²) in [4.78, 5) is 11.8. The first kappa shape index (κ1) is 15.4. The smallest absolute Gasteiger partial charge is 0.306 e. The minimum absolute atomic E-state index is 0.136. The van der Waals surface area contributed by atoms with Crippen LogP contribution in [-0.4, -0.2) is 15.7 Å². The summed E-state index contributed by atoms with van der Waals surface area (Å²) in [5.74, 6) is -0.262. The van der Waals surface area contributed by atoms with E-state index in [-0.39, 0.29) is 12.6 Å². The summed E-state index contributed by atoms with van der Waals surface area (Å²) < 4.78 is 6.87. The van der Waals surface area contributed by atoms with Crippen molar-refractivity contribution >= 4 is 23.3 Å². The van der Waals surface area contributed by atoms with Crippen molar-refractivity contribution in [2.24, 2.45) is 7.05 Å². The molecule has 0 fully saturated rings. The Labute approximate surface area is 128 Å². The largest absolute Gasteiger partial charge is 0.459 e. The molecule has 0 spiro atoms. The zero-order chi connectivity index (χ0) is 15.4. The SMILES string of the molecule is Cc1nn(C)c(COC(=O)CCc2ccc(N)cc2)c1Cl. The number of nitrogens with zero attached hydrogens (tertiary/aromatic N) is 2. The third-order valence-corrected chi connectivity index (χ3v) is 3.72. The number of benzene rings is 1. The summed E-state index contributed by atoms with van der Waals surface area (Å²) in [5, 5.41) is 4.72. The number of esters is 1. The number of carbonyl (C=O) groups excluding carboxylic acids is 1. The molecule has 0 saturated carbocycles. The summed E-state index contributed by atoms with van der Waals surface area (Å²) in [6, 6.07) is 7.45. The van der Waals surface area contributed by atoms with E-state index in [9.17, 15) is 4.79 Å². The van der Waals surface area contributed by atoms with E-state index in [0.717, 1.165) is 11.3 Å². The zero-order valence-electron chi connectivity index (χ0n) is 12.1. The Morgan fingerprint density at radius 3 is 2.62 bits per heavy atom. The minimum atomic E-state index is -0.262. The molecule has 2 N–H and O–H groups in total. The fourth-order valence-electron chi connectivity index (χ4n) is 1.99. The molecule has 0 atom stereocenters. The highest BCUT2D eigenvalue weighted by atomic mass is 35.5. The van der Waals surface area contributed by atoms with Crippen LogP contribution in [0.15, 0.2) is 24.3 Å². The first-order valence-electron chi connectivity index (χ1n) is 6.65. The third kappa shape index (κ3) is 3.98. The third-order valence-electron chi connectivity index (χ3n) is 3.23. The Hall–Kier alpha value is -2.01. The summed E-state index contributed by atoms with van der Waals surface area (Å²) in [6.45, 7) is 1.95. The van der Waals surface area contributed by atoms with Gasteiger partial charge < -0.3 is 10.5 Å². The molecule has 1 aromatic carbocycles. The van der Waals surface area contributed by atoms with E-state index in [1.165, 1.54) is 0 Å². The predicted molar refractivity (Wildman–Crippen MR) is 81.9 cm³/mol. The van der Waals surface area contributed by atoms with Crippen LogP contribution in [0.3, 0.4) is 0 Å².